The normalized spacial score (nSPS) is 14.1. The highest BCUT2D eigenvalue weighted by Crippen LogP contribution is 2.22. The fourth-order valence-corrected chi connectivity index (χ4v) is 2.40. The monoisotopic (exact) mass is 282 g/mol. The molecule has 4 nitrogen and oxygen atoms in total. The standard InChI is InChI=1S/C17H22N4/c1-21(11-8-15-4-2-3-9-19-15)17-13-18-10-7-14(17)12-20-16-5-6-16/h2-4,7,9-10,13,16,20H,5-6,8,11-12H2,1H3. The Kier molecular flexibility index (Phi) is 4.46. The van der Waals surface area contributed by atoms with Crippen molar-refractivity contribution in [2.24, 2.45) is 0 Å². The van der Waals surface area contributed by atoms with Crippen molar-refractivity contribution in [3.05, 3.63) is 54.1 Å². The zero-order valence-corrected chi connectivity index (χ0v) is 12.5. The van der Waals surface area contributed by atoms with Crippen LogP contribution in [0.3, 0.4) is 0 Å². The van der Waals surface area contributed by atoms with Gasteiger partial charge in [0, 0.05) is 50.7 Å². The molecule has 0 aliphatic heterocycles. The first-order valence-corrected chi connectivity index (χ1v) is 7.60. The van der Waals surface area contributed by atoms with Crippen LogP contribution in [0.25, 0.3) is 0 Å². The van der Waals surface area contributed by atoms with Gasteiger partial charge in [0.15, 0.2) is 0 Å². The zero-order chi connectivity index (χ0) is 14.5. The van der Waals surface area contributed by atoms with Crippen molar-refractivity contribution < 1.29 is 0 Å². The Morgan fingerprint density at radius 2 is 2.14 bits per heavy atom. The highest BCUT2D eigenvalue weighted by molar-refractivity contribution is 5.51. The van der Waals surface area contributed by atoms with Crippen molar-refractivity contribution in [2.75, 3.05) is 18.5 Å². The third-order valence-electron chi connectivity index (χ3n) is 3.89. The average molecular weight is 282 g/mol. The molecule has 0 saturated heterocycles. The van der Waals surface area contributed by atoms with Crippen LogP contribution in [0.15, 0.2) is 42.9 Å². The summed E-state index contributed by atoms with van der Waals surface area (Å²) in [5.74, 6) is 0. The molecule has 0 aromatic carbocycles. The van der Waals surface area contributed by atoms with Gasteiger partial charge < -0.3 is 10.2 Å². The Bertz CT molecular complexity index is 566. The highest BCUT2D eigenvalue weighted by atomic mass is 15.1. The van der Waals surface area contributed by atoms with E-state index >= 15 is 0 Å². The Hall–Kier alpha value is -1.94. The molecule has 1 fully saturated rings. The summed E-state index contributed by atoms with van der Waals surface area (Å²) < 4.78 is 0. The second kappa shape index (κ2) is 6.68. The summed E-state index contributed by atoms with van der Waals surface area (Å²) in [6.45, 7) is 1.87. The Labute approximate surface area is 126 Å². The molecule has 0 spiro atoms. The van der Waals surface area contributed by atoms with Crippen LogP contribution in [0.4, 0.5) is 5.69 Å². The smallest absolute Gasteiger partial charge is 0.0595 e. The van der Waals surface area contributed by atoms with Gasteiger partial charge in [0.1, 0.15) is 0 Å². The highest BCUT2D eigenvalue weighted by Gasteiger charge is 2.20. The van der Waals surface area contributed by atoms with Crippen molar-refractivity contribution in [1.29, 1.82) is 0 Å². The summed E-state index contributed by atoms with van der Waals surface area (Å²) in [4.78, 5) is 10.9. The van der Waals surface area contributed by atoms with Crippen LogP contribution in [0.5, 0.6) is 0 Å². The number of rotatable bonds is 7. The number of pyridine rings is 2. The van der Waals surface area contributed by atoms with E-state index < -0.39 is 0 Å². The fourth-order valence-electron chi connectivity index (χ4n) is 2.40. The van der Waals surface area contributed by atoms with Crippen LogP contribution in [-0.4, -0.2) is 29.6 Å². The molecule has 0 unspecified atom stereocenters. The van der Waals surface area contributed by atoms with Crippen LogP contribution in [0, 0.1) is 0 Å². The van der Waals surface area contributed by atoms with E-state index in [9.17, 15) is 0 Å². The summed E-state index contributed by atoms with van der Waals surface area (Å²) >= 11 is 0. The van der Waals surface area contributed by atoms with Crippen LogP contribution in [0.2, 0.25) is 0 Å². The van der Waals surface area contributed by atoms with Gasteiger partial charge in [-0.15, -0.1) is 0 Å². The van der Waals surface area contributed by atoms with E-state index in [1.807, 2.05) is 30.7 Å². The van der Waals surface area contributed by atoms with E-state index in [1.165, 1.54) is 24.1 Å². The largest absolute Gasteiger partial charge is 0.373 e. The Morgan fingerprint density at radius 3 is 2.90 bits per heavy atom. The minimum Gasteiger partial charge on any atom is -0.373 e. The number of anilines is 1. The van der Waals surface area contributed by atoms with Crippen molar-refractivity contribution in [3.8, 4) is 0 Å². The Morgan fingerprint density at radius 1 is 1.24 bits per heavy atom. The van der Waals surface area contributed by atoms with Gasteiger partial charge in [0.25, 0.3) is 0 Å². The van der Waals surface area contributed by atoms with Crippen LogP contribution in [0.1, 0.15) is 24.1 Å². The van der Waals surface area contributed by atoms with Gasteiger partial charge >= 0.3 is 0 Å². The maximum Gasteiger partial charge on any atom is 0.0595 e. The molecule has 21 heavy (non-hydrogen) atoms. The van der Waals surface area contributed by atoms with Crippen molar-refractivity contribution in [2.45, 2.75) is 31.8 Å². The summed E-state index contributed by atoms with van der Waals surface area (Å²) in [5, 5.41) is 3.58. The number of hydrogen-bond donors (Lipinski definition) is 1. The third-order valence-corrected chi connectivity index (χ3v) is 3.89. The first kappa shape index (κ1) is 14.0. The molecule has 0 radical (unpaired) electrons. The predicted octanol–water partition coefficient (Wildman–Crippen LogP) is 2.41. The predicted molar refractivity (Wildman–Crippen MR) is 85.3 cm³/mol. The second-order valence-electron chi connectivity index (χ2n) is 5.65. The van der Waals surface area contributed by atoms with Crippen LogP contribution < -0.4 is 10.2 Å². The summed E-state index contributed by atoms with van der Waals surface area (Å²) in [6.07, 6.45) is 9.26. The lowest BCUT2D eigenvalue weighted by Gasteiger charge is -2.22. The number of nitrogens with zero attached hydrogens (tertiary/aromatic N) is 3. The van der Waals surface area contributed by atoms with Crippen LogP contribution >= 0.6 is 0 Å². The molecule has 2 heterocycles. The maximum absolute atomic E-state index is 4.38. The van der Waals surface area contributed by atoms with Crippen molar-refractivity contribution in [3.63, 3.8) is 0 Å². The number of hydrogen-bond acceptors (Lipinski definition) is 4. The van der Waals surface area contributed by atoms with E-state index in [0.717, 1.165) is 31.2 Å². The zero-order valence-electron chi connectivity index (χ0n) is 12.5. The topological polar surface area (TPSA) is 41.1 Å². The summed E-state index contributed by atoms with van der Waals surface area (Å²) in [6, 6.07) is 8.91. The second-order valence-corrected chi connectivity index (χ2v) is 5.65. The molecule has 2 aromatic rings. The first-order valence-electron chi connectivity index (χ1n) is 7.60. The van der Waals surface area contributed by atoms with E-state index in [2.05, 4.69) is 39.4 Å². The molecule has 1 aliphatic rings. The Balaban J connectivity index is 1.61. The summed E-state index contributed by atoms with van der Waals surface area (Å²) in [7, 11) is 2.13. The molecule has 0 bridgehead atoms. The van der Waals surface area contributed by atoms with Gasteiger partial charge in [-0.05, 0) is 36.6 Å². The molecule has 1 N–H and O–H groups in total. The van der Waals surface area contributed by atoms with Gasteiger partial charge in [-0.1, -0.05) is 6.07 Å². The van der Waals surface area contributed by atoms with E-state index in [4.69, 9.17) is 0 Å². The molecule has 0 amide bonds. The molecule has 1 saturated carbocycles. The lowest BCUT2D eigenvalue weighted by Crippen LogP contribution is -2.24. The van der Waals surface area contributed by atoms with Gasteiger partial charge in [0.2, 0.25) is 0 Å². The molecular weight excluding hydrogens is 260 g/mol. The fraction of sp³-hybridized carbons (Fsp3) is 0.412. The first-order chi connectivity index (χ1) is 10.3. The molecule has 2 aromatic heterocycles. The third kappa shape index (κ3) is 4.02. The molecule has 3 rings (SSSR count). The molecule has 110 valence electrons. The number of nitrogens with one attached hydrogen (secondary N) is 1. The van der Waals surface area contributed by atoms with E-state index in [-0.39, 0.29) is 0 Å². The SMILES string of the molecule is CN(CCc1ccccn1)c1cnccc1CNC1CC1. The molecular formula is C17H22N4. The van der Waals surface area contributed by atoms with Crippen molar-refractivity contribution in [1.82, 2.24) is 15.3 Å². The molecule has 0 atom stereocenters. The van der Waals surface area contributed by atoms with Crippen molar-refractivity contribution >= 4 is 5.69 Å². The molecule has 4 heteroatoms. The van der Waals surface area contributed by atoms with Gasteiger partial charge in [-0.25, -0.2) is 0 Å². The average Bonchev–Trinajstić information content (AvgIpc) is 3.36. The minimum absolute atomic E-state index is 0.727. The van der Waals surface area contributed by atoms with Gasteiger partial charge in [-0.3, -0.25) is 9.97 Å². The quantitative estimate of drug-likeness (QED) is 0.846. The number of likely N-dealkylation sites (N-methyl/N-ethyl adjacent to an activating group) is 1. The van der Waals surface area contributed by atoms with Crippen LogP contribution in [-0.2, 0) is 13.0 Å². The van der Waals surface area contributed by atoms with E-state index in [1.54, 1.807) is 0 Å². The lowest BCUT2D eigenvalue weighted by atomic mass is 10.2. The number of aromatic nitrogens is 2. The minimum atomic E-state index is 0.727. The lowest BCUT2D eigenvalue weighted by molar-refractivity contribution is 0.684. The van der Waals surface area contributed by atoms with E-state index in [0.29, 0.717) is 0 Å². The maximum atomic E-state index is 4.38. The summed E-state index contributed by atoms with van der Waals surface area (Å²) in [5.41, 5.74) is 3.66. The van der Waals surface area contributed by atoms with Gasteiger partial charge in [0.05, 0.1) is 11.9 Å². The van der Waals surface area contributed by atoms with Gasteiger partial charge in [-0.2, -0.15) is 0 Å². The molecule has 1 aliphatic carbocycles.